The predicted octanol–water partition coefficient (Wildman–Crippen LogP) is 6.40. The maximum atomic E-state index is 13.7. The number of Topliss-reactive ketones (excluding diaryl/α,β-unsaturated/α-hetero) is 1. The van der Waals surface area contributed by atoms with Gasteiger partial charge in [0, 0.05) is 52.9 Å². The van der Waals surface area contributed by atoms with E-state index in [1.54, 1.807) is 19.1 Å². The molecule has 0 amide bonds. The summed E-state index contributed by atoms with van der Waals surface area (Å²) in [6, 6.07) is 23.2. The second kappa shape index (κ2) is 11.3. The van der Waals surface area contributed by atoms with E-state index in [1.807, 2.05) is 54.6 Å². The number of benzene rings is 3. The molecule has 0 unspecified atom stereocenters. The minimum atomic E-state index is -0.690. The van der Waals surface area contributed by atoms with Crippen molar-refractivity contribution in [1.82, 2.24) is 5.32 Å². The molecule has 2 aliphatic rings. The van der Waals surface area contributed by atoms with Gasteiger partial charge in [-0.1, -0.05) is 66.2 Å². The van der Waals surface area contributed by atoms with E-state index >= 15 is 0 Å². The van der Waals surface area contributed by atoms with Crippen LogP contribution in [0.25, 0.3) is 0 Å². The highest BCUT2D eigenvalue weighted by molar-refractivity contribution is 6.30. The molecule has 0 bridgehead atoms. The fourth-order valence-corrected chi connectivity index (χ4v) is 5.51. The Morgan fingerprint density at radius 1 is 1.00 bits per heavy atom. The van der Waals surface area contributed by atoms with E-state index in [1.165, 1.54) is 12.1 Å². The zero-order valence-corrected chi connectivity index (χ0v) is 22.1. The molecule has 1 N–H and O–H groups in total. The summed E-state index contributed by atoms with van der Waals surface area (Å²) in [4.78, 5) is 38.0. The van der Waals surface area contributed by atoms with Crippen LogP contribution in [0.4, 0.5) is 5.69 Å². The third-order valence-electron chi connectivity index (χ3n) is 7.29. The SMILES string of the molecule is CC1=C(C(=O)OCCc2ccccc2)[C@@H](c2ccc([N+](=O)[O-])cc2)C2=C(C[C@@H](c3ccc(Cl)cc3)CC2=O)N1. The number of carbonyl (C=O) groups excluding carboxylic acids is 2. The van der Waals surface area contributed by atoms with Gasteiger partial charge in [0.2, 0.25) is 0 Å². The normalized spacial score (nSPS) is 18.9. The van der Waals surface area contributed by atoms with Gasteiger partial charge in [-0.25, -0.2) is 4.79 Å². The molecule has 0 saturated heterocycles. The lowest BCUT2D eigenvalue weighted by atomic mass is 9.71. The number of non-ortho nitro benzene ring substituents is 1. The first-order valence-electron chi connectivity index (χ1n) is 12.8. The minimum Gasteiger partial charge on any atom is -0.462 e. The molecule has 1 heterocycles. The van der Waals surface area contributed by atoms with Crippen molar-refractivity contribution in [1.29, 1.82) is 0 Å². The molecule has 1 aliphatic heterocycles. The molecular weight excluding hydrogens is 516 g/mol. The number of carbonyl (C=O) groups is 2. The molecule has 3 aromatic carbocycles. The van der Waals surface area contributed by atoms with Crippen LogP contribution in [-0.2, 0) is 20.7 Å². The number of dihydropyridines is 1. The topological polar surface area (TPSA) is 98.5 Å². The highest BCUT2D eigenvalue weighted by Gasteiger charge is 2.41. The van der Waals surface area contributed by atoms with E-state index in [9.17, 15) is 19.7 Å². The Labute approximate surface area is 231 Å². The van der Waals surface area contributed by atoms with E-state index in [2.05, 4.69) is 5.32 Å². The van der Waals surface area contributed by atoms with E-state index in [0.29, 0.717) is 40.3 Å². The first kappa shape index (κ1) is 26.4. The first-order chi connectivity index (χ1) is 18.8. The molecule has 0 aromatic heterocycles. The molecule has 1 aliphatic carbocycles. The fourth-order valence-electron chi connectivity index (χ4n) is 5.39. The Morgan fingerprint density at radius 2 is 1.67 bits per heavy atom. The van der Waals surface area contributed by atoms with Gasteiger partial charge in [-0.15, -0.1) is 0 Å². The zero-order valence-electron chi connectivity index (χ0n) is 21.4. The number of nitro benzene ring substituents is 1. The number of esters is 1. The number of ketones is 1. The van der Waals surface area contributed by atoms with Crippen molar-refractivity contribution in [2.75, 3.05) is 6.61 Å². The van der Waals surface area contributed by atoms with Gasteiger partial charge in [0.15, 0.2) is 5.78 Å². The summed E-state index contributed by atoms with van der Waals surface area (Å²) in [5.41, 5.74) is 4.84. The lowest BCUT2D eigenvalue weighted by molar-refractivity contribution is -0.384. The summed E-state index contributed by atoms with van der Waals surface area (Å²) in [6.07, 6.45) is 1.42. The van der Waals surface area contributed by atoms with Crippen molar-refractivity contribution in [2.24, 2.45) is 0 Å². The molecule has 0 fully saturated rings. The Balaban J connectivity index is 1.48. The smallest absolute Gasteiger partial charge is 0.336 e. The molecule has 0 spiro atoms. The molecule has 3 aromatic rings. The van der Waals surface area contributed by atoms with Crippen LogP contribution in [0.1, 0.15) is 48.3 Å². The Kier molecular flexibility index (Phi) is 7.61. The van der Waals surface area contributed by atoms with Crippen LogP contribution in [0, 0.1) is 10.1 Å². The summed E-state index contributed by atoms with van der Waals surface area (Å²) in [6.45, 7) is 1.98. The third kappa shape index (κ3) is 5.64. The number of allylic oxidation sites excluding steroid dienone is 3. The Morgan fingerprint density at radius 3 is 2.33 bits per heavy atom. The van der Waals surface area contributed by atoms with Crippen molar-refractivity contribution >= 4 is 29.0 Å². The molecule has 5 rings (SSSR count). The van der Waals surface area contributed by atoms with Crippen LogP contribution in [0.2, 0.25) is 5.02 Å². The van der Waals surface area contributed by atoms with Crippen molar-refractivity contribution in [3.63, 3.8) is 0 Å². The van der Waals surface area contributed by atoms with Crippen molar-refractivity contribution in [2.45, 2.75) is 38.0 Å². The summed E-state index contributed by atoms with van der Waals surface area (Å²) in [5, 5.41) is 15.2. The fraction of sp³-hybridized carbons (Fsp3) is 0.226. The van der Waals surface area contributed by atoms with Crippen LogP contribution in [0.15, 0.2) is 101 Å². The minimum absolute atomic E-state index is 0.0364. The van der Waals surface area contributed by atoms with Gasteiger partial charge in [-0.2, -0.15) is 0 Å². The summed E-state index contributed by atoms with van der Waals surface area (Å²) in [5.74, 6) is -1.32. The van der Waals surface area contributed by atoms with Gasteiger partial charge < -0.3 is 10.1 Å². The third-order valence-corrected chi connectivity index (χ3v) is 7.54. The Hall–Kier alpha value is -4.23. The highest BCUT2D eigenvalue weighted by Crippen LogP contribution is 2.46. The molecule has 0 saturated carbocycles. The molecule has 198 valence electrons. The monoisotopic (exact) mass is 542 g/mol. The van der Waals surface area contributed by atoms with Gasteiger partial charge in [-0.3, -0.25) is 14.9 Å². The lowest BCUT2D eigenvalue weighted by Gasteiger charge is -2.36. The number of hydrogen-bond donors (Lipinski definition) is 1. The van der Waals surface area contributed by atoms with Crippen LogP contribution in [0.5, 0.6) is 0 Å². The van der Waals surface area contributed by atoms with Crippen LogP contribution >= 0.6 is 11.6 Å². The number of nitrogens with one attached hydrogen (secondary N) is 1. The van der Waals surface area contributed by atoms with E-state index in [-0.39, 0.29) is 30.4 Å². The maximum Gasteiger partial charge on any atom is 0.336 e. The molecule has 0 radical (unpaired) electrons. The predicted molar refractivity (Wildman–Crippen MR) is 148 cm³/mol. The zero-order chi connectivity index (χ0) is 27.5. The second-order valence-electron chi connectivity index (χ2n) is 9.79. The molecule has 8 heteroatoms. The van der Waals surface area contributed by atoms with Crippen molar-refractivity contribution in [3.05, 3.63) is 133 Å². The summed E-state index contributed by atoms with van der Waals surface area (Å²) >= 11 is 6.06. The largest absolute Gasteiger partial charge is 0.462 e. The van der Waals surface area contributed by atoms with E-state index in [0.717, 1.165) is 16.8 Å². The number of ether oxygens (including phenoxy) is 1. The average Bonchev–Trinajstić information content (AvgIpc) is 2.93. The van der Waals surface area contributed by atoms with Crippen molar-refractivity contribution in [3.8, 4) is 0 Å². The second-order valence-corrected chi connectivity index (χ2v) is 10.2. The molecule has 39 heavy (non-hydrogen) atoms. The first-order valence-corrected chi connectivity index (χ1v) is 13.1. The van der Waals surface area contributed by atoms with Crippen LogP contribution < -0.4 is 5.32 Å². The molecule has 7 nitrogen and oxygen atoms in total. The summed E-state index contributed by atoms with van der Waals surface area (Å²) in [7, 11) is 0. The maximum absolute atomic E-state index is 13.7. The van der Waals surface area contributed by atoms with Gasteiger partial charge in [0.1, 0.15) is 0 Å². The lowest BCUT2D eigenvalue weighted by Crippen LogP contribution is -2.36. The van der Waals surface area contributed by atoms with Crippen molar-refractivity contribution < 1.29 is 19.2 Å². The van der Waals surface area contributed by atoms with Crippen LogP contribution in [0.3, 0.4) is 0 Å². The summed E-state index contributed by atoms with van der Waals surface area (Å²) < 4.78 is 5.69. The molecular formula is C31H27ClN2O5. The van der Waals surface area contributed by atoms with Gasteiger partial charge in [-0.05, 0) is 48.1 Å². The number of nitro groups is 1. The van der Waals surface area contributed by atoms with Gasteiger partial charge in [0.25, 0.3) is 5.69 Å². The Bertz CT molecular complexity index is 1480. The van der Waals surface area contributed by atoms with Crippen LogP contribution in [-0.4, -0.2) is 23.3 Å². The van der Waals surface area contributed by atoms with E-state index < -0.39 is 16.8 Å². The number of nitrogens with zero attached hydrogens (tertiary/aromatic N) is 1. The number of hydrogen-bond acceptors (Lipinski definition) is 6. The highest BCUT2D eigenvalue weighted by atomic mass is 35.5. The average molecular weight is 543 g/mol. The van der Waals surface area contributed by atoms with Gasteiger partial charge >= 0.3 is 5.97 Å². The quantitative estimate of drug-likeness (QED) is 0.211. The van der Waals surface area contributed by atoms with Gasteiger partial charge in [0.05, 0.1) is 17.1 Å². The number of halogens is 1. The number of rotatable bonds is 7. The van der Waals surface area contributed by atoms with E-state index in [4.69, 9.17) is 16.3 Å². The molecule has 2 atom stereocenters. The standard InChI is InChI=1S/C31H27ClN2O5/c1-19-28(31(36)39-16-15-20-5-3-2-4-6-20)29(22-9-13-25(14-10-22)34(37)38)30-26(33-19)17-23(18-27(30)35)21-7-11-24(32)12-8-21/h2-14,23,29,33H,15-18H2,1H3/t23-,29-/m1/s1.